The number of nitrogens with one attached hydrogen (secondary N) is 2. The number of pyridine rings is 1. The van der Waals surface area contributed by atoms with E-state index in [4.69, 9.17) is 0 Å². The highest BCUT2D eigenvalue weighted by Crippen LogP contribution is 2.00. The normalized spacial score (nSPS) is 10.3. The van der Waals surface area contributed by atoms with Crippen molar-refractivity contribution in [2.45, 2.75) is 39.0 Å². The Morgan fingerprint density at radius 1 is 1.19 bits per heavy atom. The summed E-state index contributed by atoms with van der Waals surface area (Å²) in [5.41, 5.74) is 5.84. The molecule has 0 bridgehead atoms. The summed E-state index contributed by atoms with van der Waals surface area (Å²) < 4.78 is 1.44. The van der Waals surface area contributed by atoms with Gasteiger partial charge in [0.1, 0.15) is 0 Å². The second kappa shape index (κ2) is 7.93. The molecule has 0 amide bonds. The van der Waals surface area contributed by atoms with Crippen molar-refractivity contribution in [2.24, 2.45) is 0 Å². The number of rotatable bonds is 8. The Morgan fingerprint density at radius 3 is 2.75 bits per heavy atom. The molecule has 0 unspecified atom stereocenters. The highest BCUT2D eigenvalue weighted by Gasteiger charge is 1.91. The van der Waals surface area contributed by atoms with Gasteiger partial charge in [0.2, 0.25) is 0 Å². The van der Waals surface area contributed by atoms with Gasteiger partial charge >= 0.3 is 0 Å². The predicted molar refractivity (Wildman–Crippen MR) is 66.8 cm³/mol. The molecule has 90 valence electrons. The van der Waals surface area contributed by atoms with E-state index in [2.05, 4.69) is 17.9 Å². The number of hydrogen-bond acceptors (Lipinski definition) is 3. The molecule has 1 aromatic heterocycles. The first kappa shape index (κ1) is 12.8. The van der Waals surface area contributed by atoms with Gasteiger partial charge in [0.25, 0.3) is 5.56 Å². The molecule has 1 heterocycles. The van der Waals surface area contributed by atoms with Crippen LogP contribution in [0.5, 0.6) is 0 Å². The maximum absolute atomic E-state index is 11.3. The first-order valence-electron chi connectivity index (χ1n) is 6.01. The molecule has 0 aliphatic heterocycles. The third kappa shape index (κ3) is 4.98. The molecular weight excluding hydrogens is 202 g/mol. The first-order valence-corrected chi connectivity index (χ1v) is 6.01. The van der Waals surface area contributed by atoms with Crippen molar-refractivity contribution >= 4 is 0 Å². The monoisotopic (exact) mass is 223 g/mol. The van der Waals surface area contributed by atoms with Gasteiger partial charge in [-0.25, -0.2) is 10.1 Å². The molecule has 4 nitrogen and oxygen atoms in total. The van der Waals surface area contributed by atoms with Crippen molar-refractivity contribution in [3.63, 3.8) is 0 Å². The van der Waals surface area contributed by atoms with Gasteiger partial charge in [-0.1, -0.05) is 38.7 Å². The average Bonchev–Trinajstić information content (AvgIpc) is 2.30. The molecule has 0 fully saturated rings. The van der Waals surface area contributed by atoms with Crippen LogP contribution in [0.1, 0.15) is 39.0 Å². The van der Waals surface area contributed by atoms with Crippen LogP contribution in [0.2, 0.25) is 0 Å². The zero-order chi connectivity index (χ0) is 11.6. The Labute approximate surface area is 96.6 Å². The van der Waals surface area contributed by atoms with Gasteiger partial charge in [-0.05, 0) is 12.5 Å². The summed E-state index contributed by atoms with van der Waals surface area (Å²) in [7, 11) is 0. The van der Waals surface area contributed by atoms with E-state index in [1.54, 1.807) is 12.3 Å². The molecule has 0 saturated carbocycles. The molecule has 0 saturated heterocycles. The standard InChI is InChI=1S/C12H21N3O/c1-2-3-4-5-7-10-13-14-15-11-8-6-9-12(15)16/h6,8-9,11,13-14H,2-5,7,10H2,1H3. The zero-order valence-electron chi connectivity index (χ0n) is 9.91. The lowest BCUT2D eigenvalue weighted by molar-refractivity contribution is 0.580. The minimum absolute atomic E-state index is 0.0546. The quantitative estimate of drug-likeness (QED) is 0.522. The Kier molecular flexibility index (Phi) is 6.33. The second-order valence-corrected chi connectivity index (χ2v) is 3.86. The predicted octanol–water partition coefficient (Wildman–Crippen LogP) is 1.87. The fraction of sp³-hybridized carbons (Fsp3) is 0.583. The Hall–Kier alpha value is -1.29. The summed E-state index contributed by atoms with van der Waals surface area (Å²) in [5.74, 6) is 0. The van der Waals surface area contributed by atoms with Gasteiger partial charge in [-0.2, -0.15) is 0 Å². The highest BCUT2D eigenvalue weighted by atomic mass is 16.1. The largest absolute Gasteiger partial charge is 0.269 e. The minimum atomic E-state index is -0.0546. The van der Waals surface area contributed by atoms with Crippen LogP contribution in [0, 0.1) is 0 Å². The summed E-state index contributed by atoms with van der Waals surface area (Å²) in [6, 6.07) is 5.07. The molecule has 4 heteroatoms. The summed E-state index contributed by atoms with van der Waals surface area (Å²) in [4.78, 5) is 11.3. The molecule has 16 heavy (non-hydrogen) atoms. The Bertz CT molecular complexity index is 335. The fourth-order valence-electron chi connectivity index (χ4n) is 1.48. The van der Waals surface area contributed by atoms with Crippen LogP contribution in [0.25, 0.3) is 0 Å². The molecule has 0 spiro atoms. The Balaban J connectivity index is 2.08. The highest BCUT2D eigenvalue weighted by molar-refractivity contribution is 4.94. The van der Waals surface area contributed by atoms with Crippen molar-refractivity contribution in [1.29, 1.82) is 0 Å². The van der Waals surface area contributed by atoms with Crippen LogP contribution in [0.3, 0.4) is 0 Å². The third-order valence-electron chi connectivity index (χ3n) is 2.43. The number of nitrogens with zero attached hydrogens (tertiary/aromatic N) is 1. The van der Waals surface area contributed by atoms with E-state index in [1.165, 1.54) is 36.4 Å². The van der Waals surface area contributed by atoms with Crippen LogP contribution in [-0.4, -0.2) is 11.2 Å². The van der Waals surface area contributed by atoms with E-state index in [9.17, 15) is 4.79 Å². The minimum Gasteiger partial charge on any atom is -0.267 e. The van der Waals surface area contributed by atoms with Crippen molar-refractivity contribution in [3.8, 4) is 0 Å². The van der Waals surface area contributed by atoms with E-state index in [0.717, 1.165) is 13.0 Å². The molecular formula is C12H21N3O. The lowest BCUT2D eigenvalue weighted by atomic mass is 10.2. The molecule has 0 aromatic carbocycles. The van der Waals surface area contributed by atoms with E-state index in [-0.39, 0.29) is 5.56 Å². The first-order chi connectivity index (χ1) is 7.84. The SMILES string of the molecule is CCCCCCCNNn1ccccc1=O. The maximum atomic E-state index is 11.3. The molecule has 0 radical (unpaired) electrons. The van der Waals surface area contributed by atoms with Crippen molar-refractivity contribution in [2.75, 3.05) is 12.1 Å². The molecule has 2 N–H and O–H groups in total. The van der Waals surface area contributed by atoms with Crippen LogP contribution in [-0.2, 0) is 0 Å². The smallest absolute Gasteiger partial charge is 0.267 e. The van der Waals surface area contributed by atoms with Gasteiger partial charge < -0.3 is 0 Å². The summed E-state index contributed by atoms with van der Waals surface area (Å²) in [6.07, 6.45) is 7.95. The Morgan fingerprint density at radius 2 is 2.00 bits per heavy atom. The van der Waals surface area contributed by atoms with E-state index in [0.29, 0.717) is 0 Å². The summed E-state index contributed by atoms with van der Waals surface area (Å²) in [5, 5.41) is 0. The van der Waals surface area contributed by atoms with Crippen molar-refractivity contribution in [3.05, 3.63) is 34.7 Å². The van der Waals surface area contributed by atoms with Crippen LogP contribution in [0.15, 0.2) is 29.2 Å². The van der Waals surface area contributed by atoms with Gasteiger partial charge in [-0.15, -0.1) is 0 Å². The number of unbranched alkanes of at least 4 members (excludes halogenated alkanes) is 4. The lowest BCUT2D eigenvalue weighted by Crippen LogP contribution is -2.37. The molecule has 0 atom stereocenters. The fourth-order valence-corrected chi connectivity index (χ4v) is 1.48. The average molecular weight is 223 g/mol. The second-order valence-electron chi connectivity index (χ2n) is 3.86. The van der Waals surface area contributed by atoms with Crippen LogP contribution >= 0.6 is 0 Å². The number of hydrazine groups is 1. The number of hydrogen-bond donors (Lipinski definition) is 2. The van der Waals surface area contributed by atoms with Crippen molar-refractivity contribution in [1.82, 2.24) is 10.1 Å². The molecule has 0 aliphatic rings. The van der Waals surface area contributed by atoms with Crippen LogP contribution in [0.4, 0.5) is 0 Å². The van der Waals surface area contributed by atoms with E-state index >= 15 is 0 Å². The lowest BCUT2D eigenvalue weighted by Gasteiger charge is -2.09. The topological polar surface area (TPSA) is 46.1 Å². The van der Waals surface area contributed by atoms with E-state index in [1.807, 2.05) is 6.07 Å². The van der Waals surface area contributed by atoms with E-state index < -0.39 is 0 Å². The van der Waals surface area contributed by atoms with Crippen LogP contribution < -0.4 is 16.5 Å². The molecule has 1 aromatic rings. The summed E-state index contributed by atoms with van der Waals surface area (Å²) >= 11 is 0. The molecule has 0 aliphatic carbocycles. The number of aromatic nitrogens is 1. The van der Waals surface area contributed by atoms with Gasteiger partial charge in [0.05, 0.1) is 0 Å². The van der Waals surface area contributed by atoms with Crippen molar-refractivity contribution < 1.29 is 0 Å². The molecule has 1 rings (SSSR count). The zero-order valence-corrected chi connectivity index (χ0v) is 9.91. The third-order valence-corrected chi connectivity index (χ3v) is 2.43. The van der Waals surface area contributed by atoms with Gasteiger partial charge in [-0.3, -0.25) is 10.3 Å². The summed E-state index contributed by atoms with van der Waals surface area (Å²) in [6.45, 7) is 3.09. The van der Waals surface area contributed by atoms with Gasteiger partial charge in [0.15, 0.2) is 0 Å². The van der Waals surface area contributed by atoms with Gasteiger partial charge in [0, 0.05) is 18.8 Å². The maximum Gasteiger partial charge on any atom is 0.269 e.